The monoisotopic (exact) mass is 299 g/mol. The molecule has 4 nitrogen and oxygen atoms in total. The molecule has 0 radical (unpaired) electrons. The third kappa shape index (κ3) is 2.71. The molecule has 1 aromatic heterocycles. The summed E-state index contributed by atoms with van der Waals surface area (Å²) >= 11 is 1.07. The van der Waals surface area contributed by atoms with E-state index in [1.54, 1.807) is 24.5 Å². The number of thioether (sulfide) groups is 1. The zero-order chi connectivity index (χ0) is 14.8. The fourth-order valence-electron chi connectivity index (χ4n) is 1.92. The number of amides is 1. The average molecular weight is 299 g/mol. The molecule has 104 valence electrons. The van der Waals surface area contributed by atoms with Gasteiger partial charge in [-0.25, -0.2) is 4.39 Å². The van der Waals surface area contributed by atoms with Gasteiger partial charge in [-0.15, -0.1) is 0 Å². The molecule has 1 fully saturated rings. The summed E-state index contributed by atoms with van der Waals surface area (Å²) in [4.78, 5) is 18.1. The molecule has 1 saturated heterocycles. The number of hydrogen-bond acceptors (Lipinski definition) is 4. The SMILES string of the molecule is N=C1S/C(=C\c2cccnc2)C(=O)N1c1ccc(F)cc1. The standard InChI is InChI=1S/C15H10FN3OS/c16-11-3-5-12(6-4-11)19-14(20)13(21-15(19)17)8-10-2-1-7-18-9-10/h1-9,17H/b13-8-,17-15?. The van der Waals surface area contributed by atoms with Crippen molar-refractivity contribution in [1.29, 1.82) is 5.41 Å². The number of anilines is 1. The van der Waals surface area contributed by atoms with E-state index < -0.39 is 0 Å². The lowest BCUT2D eigenvalue weighted by atomic mass is 10.2. The maximum atomic E-state index is 13.0. The smallest absolute Gasteiger partial charge is 0.271 e. The van der Waals surface area contributed by atoms with Gasteiger partial charge < -0.3 is 0 Å². The van der Waals surface area contributed by atoms with Gasteiger partial charge in [-0.3, -0.25) is 20.1 Å². The summed E-state index contributed by atoms with van der Waals surface area (Å²) in [6, 6.07) is 9.11. The Morgan fingerprint density at radius 1 is 1.24 bits per heavy atom. The largest absolute Gasteiger partial charge is 0.278 e. The zero-order valence-electron chi connectivity index (χ0n) is 10.8. The summed E-state index contributed by atoms with van der Waals surface area (Å²) in [5.74, 6) is -0.670. The van der Waals surface area contributed by atoms with E-state index >= 15 is 0 Å². The van der Waals surface area contributed by atoms with E-state index in [0.29, 0.717) is 10.6 Å². The lowest BCUT2D eigenvalue weighted by Gasteiger charge is -2.13. The summed E-state index contributed by atoms with van der Waals surface area (Å²) in [6.07, 6.45) is 4.99. The highest BCUT2D eigenvalue weighted by atomic mass is 32.2. The highest BCUT2D eigenvalue weighted by molar-refractivity contribution is 8.19. The predicted molar refractivity (Wildman–Crippen MR) is 81.4 cm³/mol. The number of amidine groups is 1. The quantitative estimate of drug-likeness (QED) is 0.866. The maximum absolute atomic E-state index is 13.0. The summed E-state index contributed by atoms with van der Waals surface area (Å²) in [5.41, 5.74) is 1.27. The number of halogens is 1. The molecule has 0 unspecified atom stereocenters. The van der Waals surface area contributed by atoms with E-state index in [9.17, 15) is 9.18 Å². The molecule has 2 aromatic rings. The molecule has 0 aliphatic carbocycles. The Bertz CT molecular complexity index is 728. The minimum Gasteiger partial charge on any atom is -0.278 e. The first-order valence-electron chi connectivity index (χ1n) is 6.13. The van der Waals surface area contributed by atoms with Gasteiger partial charge in [-0.1, -0.05) is 6.07 Å². The number of pyridine rings is 1. The fourth-order valence-corrected chi connectivity index (χ4v) is 2.79. The van der Waals surface area contributed by atoms with Crippen molar-refractivity contribution >= 4 is 34.6 Å². The second kappa shape index (κ2) is 5.49. The molecule has 0 bridgehead atoms. The first-order chi connectivity index (χ1) is 10.1. The molecule has 0 saturated carbocycles. The van der Waals surface area contributed by atoms with E-state index in [2.05, 4.69) is 4.98 Å². The number of carbonyl (C=O) groups is 1. The number of benzene rings is 1. The van der Waals surface area contributed by atoms with Gasteiger partial charge in [-0.05, 0) is 53.7 Å². The van der Waals surface area contributed by atoms with Crippen molar-refractivity contribution in [3.8, 4) is 0 Å². The number of nitrogens with one attached hydrogen (secondary N) is 1. The van der Waals surface area contributed by atoms with Crippen molar-refractivity contribution in [1.82, 2.24) is 4.98 Å². The van der Waals surface area contributed by atoms with E-state index in [1.165, 1.54) is 29.2 Å². The molecule has 6 heteroatoms. The van der Waals surface area contributed by atoms with Gasteiger partial charge >= 0.3 is 0 Å². The Hall–Kier alpha value is -2.47. The van der Waals surface area contributed by atoms with E-state index in [4.69, 9.17) is 5.41 Å². The van der Waals surface area contributed by atoms with Crippen LogP contribution < -0.4 is 4.90 Å². The molecular weight excluding hydrogens is 289 g/mol. The van der Waals surface area contributed by atoms with Crippen LogP contribution in [0.25, 0.3) is 6.08 Å². The minimum absolute atomic E-state index is 0.0988. The molecule has 0 atom stereocenters. The number of rotatable bonds is 2. The molecule has 1 amide bonds. The van der Waals surface area contributed by atoms with Crippen LogP contribution in [-0.2, 0) is 4.79 Å². The second-order valence-electron chi connectivity index (χ2n) is 4.32. The Labute approximate surface area is 124 Å². The normalized spacial score (nSPS) is 16.8. The number of aromatic nitrogens is 1. The molecule has 21 heavy (non-hydrogen) atoms. The first-order valence-corrected chi connectivity index (χ1v) is 6.95. The lowest BCUT2D eigenvalue weighted by molar-refractivity contribution is -0.113. The molecule has 1 aliphatic rings. The highest BCUT2D eigenvalue weighted by Crippen LogP contribution is 2.34. The van der Waals surface area contributed by atoms with Gasteiger partial charge in [0.1, 0.15) is 5.82 Å². The van der Waals surface area contributed by atoms with Crippen molar-refractivity contribution < 1.29 is 9.18 Å². The summed E-state index contributed by atoms with van der Waals surface area (Å²) in [6.45, 7) is 0. The van der Waals surface area contributed by atoms with Crippen LogP contribution in [0.3, 0.4) is 0 Å². The lowest BCUT2D eigenvalue weighted by Crippen LogP contribution is -2.28. The van der Waals surface area contributed by atoms with Crippen LogP contribution in [0, 0.1) is 11.2 Å². The third-order valence-corrected chi connectivity index (χ3v) is 3.78. The molecule has 1 N–H and O–H groups in total. The van der Waals surface area contributed by atoms with Crippen molar-refractivity contribution in [2.24, 2.45) is 0 Å². The fraction of sp³-hybridized carbons (Fsp3) is 0. The van der Waals surface area contributed by atoms with Crippen molar-refractivity contribution in [3.63, 3.8) is 0 Å². The summed E-state index contributed by atoms with van der Waals surface area (Å²) < 4.78 is 13.0. The van der Waals surface area contributed by atoms with Crippen LogP contribution >= 0.6 is 11.8 Å². The number of carbonyl (C=O) groups excluding carboxylic acids is 1. The molecule has 2 heterocycles. The van der Waals surface area contributed by atoms with Gasteiger partial charge in [0.15, 0.2) is 5.17 Å². The Balaban J connectivity index is 1.92. The second-order valence-corrected chi connectivity index (χ2v) is 5.35. The molecule has 3 rings (SSSR count). The van der Waals surface area contributed by atoms with Crippen LogP contribution in [0.1, 0.15) is 5.56 Å². The van der Waals surface area contributed by atoms with Gasteiger partial charge in [0, 0.05) is 12.4 Å². The van der Waals surface area contributed by atoms with Gasteiger partial charge in [0.05, 0.1) is 10.6 Å². The van der Waals surface area contributed by atoms with Gasteiger partial charge in [0.2, 0.25) is 0 Å². The van der Waals surface area contributed by atoms with Crippen molar-refractivity contribution in [3.05, 3.63) is 65.1 Å². The zero-order valence-corrected chi connectivity index (χ0v) is 11.6. The molecular formula is C15H10FN3OS. The molecule has 1 aliphatic heterocycles. The van der Waals surface area contributed by atoms with Crippen LogP contribution in [0.5, 0.6) is 0 Å². The van der Waals surface area contributed by atoms with E-state index in [-0.39, 0.29) is 16.9 Å². The van der Waals surface area contributed by atoms with Crippen molar-refractivity contribution in [2.75, 3.05) is 4.90 Å². The number of nitrogens with zero attached hydrogens (tertiary/aromatic N) is 2. The third-order valence-electron chi connectivity index (χ3n) is 2.89. The van der Waals surface area contributed by atoms with Crippen LogP contribution in [-0.4, -0.2) is 16.1 Å². The maximum Gasteiger partial charge on any atom is 0.271 e. The Kier molecular flexibility index (Phi) is 3.53. The van der Waals surface area contributed by atoms with E-state index in [1.807, 2.05) is 6.07 Å². The summed E-state index contributed by atoms with van der Waals surface area (Å²) in [5, 5.41) is 8.04. The van der Waals surface area contributed by atoms with Crippen LogP contribution in [0.15, 0.2) is 53.7 Å². The summed E-state index contributed by atoms with van der Waals surface area (Å²) in [7, 11) is 0. The topological polar surface area (TPSA) is 57.1 Å². The van der Waals surface area contributed by atoms with Crippen LogP contribution in [0.2, 0.25) is 0 Å². The average Bonchev–Trinajstić information content (AvgIpc) is 2.76. The molecule has 1 aromatic carbocycles. The first kappa shape index (κ1) is 13.5. The number of hydrogen-bond donors (Lipinski definition) is 1. The van der Waals surface area contributed by atoms with Crippen molar-refractivity contribution in [2.45, 2.75) is 0 Å². The van der Waals surface area contributed by atoms with E-state index in [0.717, 1.165) is 17.3 Å². The van der Waals surface area contributed by atoms with Crippen LogP contribution in [0.4, 0.5) is 10.1 Å². The molecule has 0 spiro atoms. The Morgan fingerprint density at radius 3 is 2.67 bits per heavy atom. The minimum atomic E-state index is -0.379. The van der Waals surface area contributed by atoms with Gasteiger partial charge in [-0.2, -0.15) is 0 Å². The predicted octanol–water partition coefficient (Wildman–Crippen LogP) is 3.28. The van der Waals surface area contributed by atoms with Gasteiger partial charge in [0.25, 0.3) is 5.91 Å². The highest BCUT2D eigenvalue weighted by Gasteiger charge is 2.33. The Morgan fingerprint density at radius 2 is 2.00 bits per heavy atom.